The van der Waals surface area contributed by atoms with E-state index in [1.54, 1.807) is 6.29 Å². The lowest BCUT2D eigenvalue weighted by Gasteiger charge is -2.27. The summed E-state index contributed by atoms with van der Waals surface area (Å²) in [5, 5.41) is 0. The maximum absolute atomic E-state index is 9.90. The third kappa shape index (κ3) is 2.62. The molecule has 2 heteroatoms. The van der Waals surface area contributed by atoms with Crippen LogP contribution >= 0.6 is 0 Å². The summed E-state index contributed by atoms with van der Waals surface area (Å²) in [6, 6.07) is 0. The molecule has 0 aromatic rings. The highest BCUT2D eigenvalue weighted by molar-refractivity contribution is 5.51. The van der Waals surface area contributed by atoms with Gasteiger partial charge in [0.2, 0.25) is 6.29 Å². The molecule has 1 aliphatic carbocycles. The second-order valence-corrected chi connectivity index (χ2v) is 3.26. The van der Waals surface area contributed by atoms with Crippen molar-refractivity contribution in [1.29, 1.82) is 0 Å². The largest absolute Gasteiger partial charge is 0.370 e. The predicted molar refractivity (Wildman–Crippen MR) is 43.1 cm³/mol. The number of hydrogen-bond donors (Lipinski definition) is 0. The summed E-state index contributed by atoms with van der Waals surface area (Å²) in [6.07, 6.45) is 6.98. The Morgan fingerprint density at radius 3 is 2.82 bits per heavy atom. The zero-order valence-electron chi connectivity index (χ0n) is 7.01. The quantitative estimate of drug-likeness (QED) is 0.620. The fraction of sp³-hybridized carbons (Fsp3) is 0.889. The average Bonchev–Trinajstić information content (AvgIpc) is 2.03. The molecule has 1 aliphatic rings. The summed E-state index contributed by atoms with van der Waals surface area (Å²) in [4.78, 5) is 9.90. The molecule has 2 nitrogen and oxygen atoms in total. The Balaban J connectivity index is 2.23. The molecule has 0 aromatic carbocycles. The van der Waals surface area contributed by atoms with Crippen molar-refractivity contribution in [3.8, 4) is 0 Å². The third-order valence-corrected chi connectivity index (χ3v) is 2.39. The molecule has 63 valence electrons. The normalized spacial score (nSPS) is 31.7. The lowest BCUT2D eigenvalue weighted by atomic mass is 9.88. The molecule has 0 unspecified atom stereocenters. The van der Waals surface area contributed by atoms with Gasteiger partial charge >= 0.3 is 0 Å². The summed E-state index contributed by atoms with van der Waals surface area (Å²) in [6.45, 7) is 2.34. The average molecular weight is 155 g/mol. The van der Waals surface area contributed by atoms with E-state index in [2.05, 4.69) is 6.92 Å². The van der Waals surface area contributed by atoms with E-state index in [-0.39, 0.29) is 6.61 Å². The van der Waals surface area contributed by atoms with Crippen molar-refractivity contribution in [1.82, 2.24) is 0 Å². The van der Waals surface area contributed by atoms with E-state index in [0.29, 0.717) is 12.0 Å². The first-order valence-electron chi connectivity index (χ1n) is 4.31. The minimum atomic E-state index is 0.148. The molecule has 0 heterocycles. The van der Waals surface area contributed by atoms with Crippen molar-refractivity contribution in [2.45, 2.75) is 38.7 Å². The van der Waals surface area contributed by atoms with Crippen LogP contribution in [-0.4, -0.2) is 19.0 Å². The zero-order chi connectivity index (χ0) is 8.10. The zero-order valence-corrected chi connectivity index (χ0v) is 7.01. The molecule has 1 rings (SSSR count). The Morgan fingerprint density at radius 1 is 1.45 bits per heavy atom. The van der Waals surface area contributed by atoms with Crippen molar-refractivity contribution in [3.05, 3.63) is 0 Å². The van der Waals surface area contributed by atoms with Crippen molar-refractivity contribution >= 4 is 6.29 Å². The first-order chi connectivity index (χ1) is 5.34. The van der Waals surface area contributed by atoms with E-state index in [9.17, 15) is 4.79 Å². The molecule has 0 amide bonds. The lowest BCUT2D eigenvalue weighted by Crippen LogP contribution is -2.26. The van der Waals surface area contributed by atoms with Gasteiger partial charge < -0.3 is 4.74 Å². The van der Waals surface area contributed by atoms with Gasteiger partial charge in [-0.3, -0.25) is 4.79 Å². The summed E-state index contributed by atoms with van der Waals surface area (Å²) in [5.74, 6) is 0.622. The van der Waals surface area contributed by atoms with Crippen LogP contribution in [0.1, 0.15) is 32.6 Å². The Kier molecular flexibility index (Phi) is 3.57. The van der Waals surface area contributed by atoms with Crippen molar-refractivity contribution < 1.29 is 9.53 Å². The van der Waals surface area contributed by atoms with E-state index in [0.717, 1.165) is 6.42 Å². The maximum atomic E-state index is 9.90. The number of carbonyl (C=O) groups excluding carboxylic acids is 1. The van der Waals surface area contributed by atoms with Gasteiger partial charge in [0, 0.05) is 0 Å². The number of ether oxygens (including phenoxy) is 1. The van der Waals surface area contributed by atoms with E-state index in [4.69, 9.17) is 4.74 Å². The molecule has 0 N–H and O–H groups in total. The molecule has 11 heavy (non-hydrogen) atoms. The summed E-state index contributed by atoms with van der Waals surface area (Å²) in [5.41, 5.74) is 0. The van der Waals surface area contributed by atoms with Gasteiger partial charge in [0.25, 0.3) is 0 Å². The van der Waals surface area contributed by atoms with Gasteiger partial charge in [-0.1, -0.05) is 19.8 Å². The summed E-state index contributed by atoms with van der Waals surface area (Å²) >= 11 is 0. The Hall–Kier alpha value is -0.370. The standard InChI is InChI=1S/C9H15O2/c1-8-4-2-3-5-9(8)11-7-6-10/h8-9H,2-5,7H2,1H3/t8-,9+/m0/s1. The number of hydrogen-bond acceptors (Lipinski definition) is 2. The Bertz CT molecular complexity index is 123. The second-order valence-electron chi connectivity index (χ2n) is 3.26. The van der Waals surface area contributed by atoms with Gasteiger partial charge in [-0.25, -0.2) is 0 Å². The van der Waals surface area contributed by atoms with Gasteiger partial charge in [-0.2, -0.15) is 0 Å². The minimum Gasteiger partial charge on any atom is -0.370 e. The van der Waals surface area contributed by atoms with Crippen LogP contribution in [0.2, 0.25) is 0 Å². The highest BCUT2D eigenvalue weighted by atomic mass is 16.5. The van der Waals surface area contributed by atoms with Crippen LogP contribution in [0.5, 0.6) is 0 Å². The Morgan fingerprint density at radius 2 is 2.18 bits per heavy atom. The van der Waals surface area contributed by atoms with Crippen LogP contribution in [0.25, 0.3) is 0 Å². The van der Waals surface area contributed by atoms with Gasteiger partial charge in [0.1, 0.15) is 6.61 Å². The molecule has 1 radical (unpaired) electrons. The van der Waals surface area contributed by atoms with E-state index in [1.807, 2.05) is 0 Å². The van der Waals surface area contributed by atoms with E-state index in [1.165, 1.54) is 19.3 Å². The fourth-order valence-electron chi connectivity index (χ4n) is 1.67. The number of rotatable bonds is 3. The first kappa shape index (κ1) is 8.72. The van der Waals surface area contributed by atoms with E-state index >= 15 is 0 Å². The van der Waals surface area contributed by atoms with Gasteiger partial charge in [0.05, 0.1) is 6.10 Å². The smallest absolute Gasteiger partial charge is 0.226 e. The molecule has 1 fully saturated rings. The van der Waals surface area contributed by atoms with Crippen LogP contribution in [0.4, 0.5) is 0 Å². The summed E-state index contributed by atoms with van der Waals surface area (Å²) in [7, 11) is 0. The highest BCUT2D eigenvalue weighted by Crippen LogP contribution is 2.25. The monoisotopic (exact) mass is 155 g/mol. The molecule has 0 saturated heterocycles. The second kappa shape index (κ2) is 4.50. The highest BCUT2D eigenvalue weighted by Gasteiger charge is 2.21. The van der Waals surface area contributed by atoms with Crippen LogP contribution < -0.4 is 0 Å². The van der Waals surface area contributed by atoms with E-state index < -0.39 is 0 Å². The summed E-state index contributed by atoms with van der Waals surface area (Å²) < 4.78 is 5.32. The van der Waals surface area contributed by atoms with Crippen LogP contribution in [0, 0.1) is 5.92 Å². The molecule has 1 saturated carbocycles. The molecular formula is C9H15O2. The molecule has 0 aromatic heterocycles. The van der Waals surface area contributed by atoms with Crippen molar-refractivity contribution in [3.63, 3.8) is 0 Å². The molecule has 2 atom stereocenters. The predicted octanol–water partition coefficient (Wildman–Crippen LogP) is 1.69. The maximum Gasteiger partial charge on any atom is 0.226 e. The topological polar surface area (TPSA) is 26.3 Å². The van der Waals surface area contributed by atoms with Gasteiger partial charge in [-0.15, -0.1) is 0 Å². The molecular weight excluding hydrogens is 140 g/mol. The minimum absolute atomic E-state index is 0.148. The Labute approximate surface area is 67.9 Å². The van der Waals surface area contributed by atoms with Crippen molar-refractivity contribution in [2.75, 3.05) is 6.61 Å². The lowest BCUT2D eigenvalue weighted by molar-refractivity contribution is 0.0151. The van der Waals surface area contributed by atoms with Crippen LogP contribution in [0.3, 0.4) is 0 Å². The SMILES string of the molecule is C[C@H]1CCCC[C@H]1OC[C]=O. The third-order valence-electron chi connectivity index (χ3n) is 2.39. The molecule has 0 spiro atoms. The first-order valence-corrected chi connectivity index (χ1v) is 4.31. The molecule has 0 bridgehead atoms. The van der Waals surface area contributed by atoms with Crippen LogP contribution in [0.15, 0.2) is 0 Å². The van der Waals surface area contributed by atoms with Gasteiger partial charge in [-0.05, 0) is 18.8 Å². The fourth-order valence-corrected chi connectivity index (χ4v) is 1.67. The van der Waals surface area contributed by atoms with Crippen molar-refractivity contribution in [2.24, 2.45) is 5.92 Å². The molecule has 0 aliphatic heterocycles. The van der Waals surface area contributed by atoms with Crippen LogP contribution in [-0.2, 0) is 9.53 Å². The van der Waals surface area contributed by atoms with Gasteiger partial charge in [0.15, 0.2) is 0 Å².